The highest BCUT2D eigenvalue weighted by Crippen LogP contribution is 2.32. The Labute approximate surface area is 113 Å². The number of fused-ring (bicyclic) bond motifs is 1. The summed E-state index contributed by atoms with van der Waals surface area (Å²) in [5.41, 5.74) is 6.94. The van der Waals surface area contributed by atoms with Crippen molar-refractivity contribution in [1.29, 1.82) is 0 Å². The van der Waals surface area contributed by atoms with Gasteiger partial charge in [0.25, 0.3) is 0 Å². The van der Waals surface area contributed by atoms with Gasteiger partial charge in [0.05, 0.1) is 13.7 Å². The fraction of sp³-hybridized carbons (Fsp3) is 0.250. The minimum absolute atomic E-state index is 0.0166. The summed E-state index contributed by atoms with van der Waals surface area (Å²) < 4.78 is 5.47. The van der Waals surface area contributed by atoms with Crippen molar-refractivity contribution < 1.29 is 4.74 Å². The molecule has 0 spiro atoms. The highest BCUT2D eigenvalue weighted by atomic mass is 16.5. The molecule has 3 heteroatoms. The number of hydrogen-bond acceptors (Lipinski definition) is 3. The minimum Gasteiger partial charge on any atom is -0.496 e. The van der Waals surface area contributed by atoms with Crippen LogP contribution in [0.4, 0.5) is 0 Å². The molecule has 19 heavy (non-hydrogen) atoms. The molecular weight excluding hydrogens is 236 g/mol. The van der Waals surface area contributed by atoms with E-state index >= 15 is 0 Å². The van der Waals surface area contributed by atoms with Gasteiger partial charge in [0.2, 0.25) is 0 Å². The zero-order valence-electron chi connectivity index (χ0n) is 11.0. The van der Waals surface area contributed by atoms with Gasteiger partial charge >= 0.3 is 0 Å². The van der Waals surface area contributed by atoms with Crippen LogP contribution in [0.5, 0.6) is 5.75 Å². The second-order valence-electron chi connectivity index (χ2n) is 4.28. The maximum absolute atomic E-state index is 5.87. The molecule has 3 N–H and O–H groups in total. The van der Waals surface area contributed by atoms with E-state index in [9.17, 15) is 0 Å². The van der Waals surface area contributed by atoms with E-state index < -0.39 is 0 Å². The van der Waals surface area contributed by atoms with E-state index in [1.165, 1.54) is 5.39 Å². The summed E-state index contributed by atoms with van der Waals surface area (Å²) in [5, 5.41) is 5.57. The molecule has 0 aliphatic heterocycles. The summed E-state index contributed by atoms with van der Waals surface area (Å²) in [4.78, 5) is 0. The van der Waals surface area contributed by atoms with Crippen molar-refractivity contribution >= 4 is 10.8 Å². The van der Waals surface area contributed by atoms with Crippen molar-refractivity contribution in [3.05, 3.63) is 42.0 Å². The summed E-state index contributed by atoms with van der Waals surface area (Å²) >= 11 is 0. The monoisotopic (exact) mass is 254 g/mol. The van der Waals surface area contributed by atoms with Crippen LogP contribution in [0.1, 0.15) is 11.6 Å². The zero-order valence-corrected chi connectivity index (χ0v) is 11.0. The van der Waals surface area contributed by atoms with Crippen LogP contribution < -0.4 is 15.8 Å². The number of methoxy groups -OCH3 is 1. The first-order valence-electron chi connectivity index (χ1n) is 6.24. The Morgan fingerprint density at radius 3 is 2.79 bits per heavy atom. The molecule has 0 amide bonds. The van der Waals surface area contributed by atoms with Gasteiger partial charge in [-0.05, 0) is 16.8 Å². The largest absolute Gasteiger partial charge is 0.496 e. The Morgan fingerprint density at radius 2 is 2.11 bits per heavy atom. The molecule has 0 bridgehead atoms. The highest BCUT2D eigenvalue weighted by molar-refractivity contribution is 5.88. The predicted molar refractivity (Wildman–Crippen MR) is 79.1 cm³/mol. The van der Waals surface area contributed by atoms with Crippen molar-refractivity contribution in [2.75, 3.05) is 20.2 Å². The fourth-order valence-electron chi connectivity index (χ4n) is 2.30. The molecular formula is C16H18N2O. The van der Waals surface area contributed by atoms with Gasteiger partial charge in [-0.15, -0.1) is 6.42 Å². The molecule has 0 heterocycles. The van der Waals surface area contributed by atoms with Crippen LogP contribution in [-0.2, 0) is 0 Å². The number of rotatable bonds is 5. The van der Waals surface area contributed by atoms with Gasteiger partial charge in [-0.2, -0.15) is 0 Å². The van der Waals surface area contributed by atoms with Crippen LogP contribution >= 0.6 is 0 Å². The van der Waals surface area contributed by atoms with Crippen molar-refractivity contribution in [3.63, 3.8) is 0 Å². The number of nitrogens with two attached hydrogens (primary N) is 1. The quantitative estimate of drug-likeness (QED) is 0.803. The molecule has 98 valence electrons. The van der Waals surface area contributed by atoms with Crippen molar-refractivity contribution in [2.45, 2.75) is 6.04 Å². The third-order valence-electron chi connectivity index (χ3n) is 3.19. The molecule has 0 fully saturated rings. The minimum atomic E-state index is -0.0166. The second-order valence-corrected chi connectivity index (χ2v) is 4.28. The molecule has 0 aromatic heterocycles. The lowest BCUT2D eigenvalue weighted by atomic mass is 9.97. The van der Waals surface area contributed by atoms with Crippen LogP contribution in [-0.4, -0.2) is 20.2 Å². The first-order valence-corrected chi connectivity index (χ1v) is 6.24. The van der Waals surface area contributed by atoms with Crippen LogP contribution in [0, 0.1) is 12.3 Å². The Kier molecular flexibility index (Phi) is 4.40. The summed E-state index contributed by atoms with van der Waals surface area (Å²) in [6.07, 6.45) is 5.31. The SMILES string of the molecule is C#CCNC(CN)c1c(OC)ccc2ccccc12. The molecule has 0 aliphatic carbocycles. The van der Waals surface area contributed by atoms with Crippen LogP contribution in [0.3, 0.4) is 0 Å². The molecule has 0 saturated carbocycles. The first kappa shape index (κ1) is 13.4. The van der Waals surface area contributed by atoms with Gasteiger partial charge in [-0.3, -0.25) is 5.32 Å². The topological polar surface area (TPSA) is 47.3 Å². The van der Waals surface area contributed by atoms with Gasteiger partial charge in [0.1, 0.15) is 5.75 Å². The van der Waals surface area contributed by atoms with E-state index in [1.807, 2.05) is 24.3 Å². The maximum atomic E-state index is 5.87. The van der Waals surface area contributed by atoms with Gasteiger partial charge in [-0.1, -0.05) is 36.3 Å². The number of terminal acetylenes is 1. The van der Waals surface area contributed by atoms with Crippen LogP contribution in [0.2, 0.25) is 0 Å². The fourth-order valence-corrected chi connectivity index (χ4v) is 2.30. The Balaban J connectivity index is 2.57. The zero-order chi connectivity index (χ0) is 13.7. The lowest BCUT2D eigenvalue weighted by Crippen LogP contribution is -2.29. The van der Waals surface area contributed by atoms with Gasteiger partial charge in [0, 0.05) is 18.2 Å². The third-order valence-corrected chi connectivity index (χ3v) is 3.19. The third kappa shape index (κ3) is 2.70. The van der Waals surface area contributed by atoms with E-state index in [4.69, 9.17) is 16.9 Å². The standard InChI is InChI=1S/C16H18N2O/c1-3-10-18-14(11-17)16-13-7-5-4-6-12(13)8-9-15(16)19-2/h1,4-9,14,18H,10-11,17H2,2H3. The van der Waals surface area contributed by atoms with Crippen LogP contribution in [0.25, 0.3) is 10.8 Å². The van der Waals surface area contributed by atoms with Crippen molar-refractivity contribution in [3.8, 4) is 18.1 Å². The number of hydrogen-bond donors (Lipinski definition) is 2. The lowest BCUT2D eigenvalue weighted by molar-refractivity contribution is 0.402. The Bertz CT molecular complexity index is 601. The van der Waals surface area contributed by atoms with Crippen molar-refractivity contribution in [1.82, 2.24) is 5.32 Å². The summed E-state index contributed by atoms with van der Waals surface area (Å²) in [5.74, 6) is 3.41. The van der Waals surface area contributed by atoms with Crippen molar-refractivity contribution in [2.24, 2.45) is 5.73 Å². The van der Waals surface area contributed by atoms with Gasteiger partial charge < -0.3 is 10.5 Å². The van der Waals surface area contributed by atoms with E-state index in [0.29, 0.717) is 13.1 Å². The van der Waals surface area contributed by atoms with Gasteiger partial charge in [0.15, 0.2) is 0 Å². The Hall–Kier alpha value is -2.02. The summed E-state index contributed by atoms with van der Waals surface area (Å²) in [6, 6.07) is 12.2. The van der Waals surface area contributed by atoms with E-state index in [-0.39, 0.29) is 6.04 Å². The molecule has 2 aromatic rings. The first-order chi connectivity index (χ1) is 9.31. The molecule has 1 atom stereocenters. The highest BCUT2D eigenvalue weighted by Gasteiger charge is 2.17. The average Bonchev–Trinajstić information content (AvgIpc) is 2.47. The van der Waals surface area contributed by atoms with E-state index in [0.717, 1.165) is 16.7 Å². The molecule has 0 aliphatic rings. The molecule has 2 aromatic carbocycles. The molecule has 1 unspecified atom stereocenters. The molecule has 0 saturated heterocycles. The van der Waals surface area contributed by atoms with Crippen LogP contribution in [0.15, 0.2) is 36.4 Å². The molecule has 3 nitrogen and oxygen atoms in total. The maximum Gasteiger partial charge on any atom is 0.124 e. The summed E-state index contributed by atoms with van der Waals surface area (Å²) in [7, 11) is 1.67. The lowest BCUT2D eigenvalue weighted by Gasteiger charge is -2.21. The predicted octanol–water partition coefficient (Wildman–Crippen LogP) is 2.07. The summed E-state index contributed by atoms with van der Waals surface area (Å²) in [6.45, 7) is 0.945. The molecule has 0 radical (unpaired) electrons. The second kappa shape index (κ2) is 6.24. The molecule has 2 rings (SSSR count). The number of benzene rings is 2. The smallest absolute Gasteiger partial charge is 0.124 e. The average molecular weight is 254 g/mol. The number of ether oxygens (including phenoxy) is 1. The normalized spacial score (nSPS) is 12.1. The van der Waals surface area contributed by atoms with E-state index in [2.05, 4.69) is 23.4 Å². The van der Waals surface area contributed by atoms with E-state index in [1.54, 1.807) is 7.11 Å². The number of nitrogens with one attached hydrogen (secondary N) is 1. The van der Waals surface area contributed by atoms with Gasteiger partial charge in [-0.25, -0.2) is 0 Å². The Morgan fingerprint density at radius 1 is 1.32 bits per heavy atom.